The molecule has 8 heteroatoms. The summed E-state index contributed by atoms with van der Waals surface area (Å²) in [7, 11) is 0. The minimum absolute atomic E-state index is 0. The van der Waals surface area contributed by atoms with Gasteiger partial charge in [-0.1, -0.05) is 0 Å². The lowest BCUT2D eigenvalue weighted by Gasteiger charge is -2.43. The maximum absolute atomic E-state index is 11.8. The number of halogens is 1. The lowest BCUT2D eigenvalue weighted by Crippen LogP contribution is -2.46. The highest BCUT2D eigenvalue weighted by Crippen LogP contribution is 2.38. The number of hydrogen-bond donors (Lipinski definition) is 2. The molecule has 3 saturated heterocycles. The monoisotopic (exact) mass is 329 g/mol. The van der Waals surface area contributed by atoms with Gasteiger partial charge in [-0.15, -0.1) is 12.4 Å². The van der Waals surface area contributed by atoms with Crippen LogP contribution in [0, 0.1) is 5.92 Å². The maximum atomic E-state index is 11.8. The van der Waals surface area contributed by atoms with Gasteiger partial charge in [0.1, 0.15) is 0 Å². The molecule has 0 saturated carbocycles. The number of fused-ring (bicyclic) bond motifs is 3. The first kappa shape index (κ1) is 17.0. The summed E-state index contributed by atoms with van der Waals surface area (Å²) in [5.41, 5.74) is -0.299. The van der Waals surface area contributed by atoms with Gasteiger partial charge in [0.25, 0.3) is 5.95 Å². The largest absolute Gasteiger partial charge is 0.337 e. The fourth-order valence-corrected chi connectivity index (χ4v) is 3.15. The van der Waals surface area contributed by atoms with E-state index in [4.69, 9.17) is 4.52 Å². The van der Waals surface area contributed by atoms with Crippen LogP contribution in [0.1, 0.15) is 45.4 Å². The van der Waals surface area contributed by atoms with E-state index in [-0.39, 0.29) is 29.9 Å². The number of amides is 2. The molecule has 1 atom stereocenters. The van der Waals surface area contributed by atoms with Crippen LogP contribution in [0.2, 0.25) is 0 Å². The molecule has 22 heavy (non-hydrogen) atoms. The molecule has 1 unspecified atom stereocenters. The molecule has 1 aromatic rings. The van der Waals surface area contributed by atoms with Crippen molar-refractivity contribution in [3.05, 3.63) is 5.89 Å². The van der Waals surface area contributed by atoms with Gasteiger partial charge in [0, 0.05) is 12.1 Å². The van der Waals surface area contributed by atoms with E-state index in [2.05, 4.69) is 25.7 Å². The molecule has 2 amide bonds. The molecule has 2 N–H and O–H groups in total. The number of anilines is 1. The third-order valence-electron chi connectivity index (χ3n) is 4.13. The van der Waals surface area contributed by atoms with Gasteiger partial charge in [0.2, 0.25) is 5.89 Å². The lowest BCUT2D eigenvalue weighted by molar-refractivity contribution is 0.0727. The van der Waals surface area contributed by atoms with Crippen molar-refractivity contribution >= 4 is 24.4 Å². The predicted molar refractivity (Wildman–Crippen MR) is 85.4 cm³/mol. The van der Waals surface area contributed by atoms with E-state index in [1.54, 1.807) is 0 Å². The van der Waals surface area contributed by atoms with E-state index in [1.165, 1.54) is 25.9 Å². The normalized spacial score (nSPS) is 27.1. The second kappa shape index (κ2) is 6.42. The number of nitrogens with one attached hydrogen (secondary N) is 2. The minimum Gasteiger partial charge on any atom is -0.337 e. The molecule has 4 rings (SSSR count). The highest BCUT2D eigenvalue weighted by molar-refractivity contribution is 5.87. The zero-order valence-corrected chi connectivity index (χ0v) is 14.1. The average Bonchev–Trinajstić information content (AvgIpc) is 2.86. The van der Waals surface area contributed by atoms with Gasteiger partial charge in [0.05, 0.1) is 5.92 Å². The second-order valence-corrected chi connectivity index (χ2v) is 7.03. The van der Waals surface area contributed by atoms with Crippen LogP contribution in [0.5, 0.6) is 0 Å². The van der Waals surface area contributed by atoms with Gasteiger partial charge in [-0.25, -0.2) is 4.79 Å². The molecular weight excluding hydrogens is 306 g/mol. The standard InChI is InChI=1S/C14H23N5O2.ClH/c1-14(2,3)17-13(20)16-12-15-11(21-18-12)10-8-19-6-4-9(10)5-7-19;/h9-10H,4-8H2,1-3H3,(H2,16,17,18,20);1H. The summed E-state index contributed by atoms with van der Waals surface area (Å²) in [5, 5.41) is 9.29. The molecule has 124 valence electrons. The van der Waals surface area contributed by atoms with Gasteiger partial charge in [-0.2, -0.15) is 4.98 Å². The molecule has 3 aliphatic rings. The Labute approximate surface area is 136 Å². The van der Waals surface area contributed by atoms with Gasteiger partial charge in [-0.3, -0.25) is 5.32 Å². The molecule has 7 nitrogen and oxygen atoms in total. The predicted octanol–water partition coefficient (Wildman–Crippen LogP) is 2.22. The van der Waals surface area contributed by atoms with Gasteiger partial charge in [0.15, 0.2) is 0 Å². The number of rotatable bonds is 2. The van der Waals surface area contributed by atoms with Crippen LogP contribution in [-0.4, -0.2) is 46.2 Å². The van der Waals surface area contributed by atoms with Crippen molar-refractivity contribution in [3.8, 4) is 0 Å². The molecule has 1 aromatic heterocycles. The first-order chi connectivity index (χ1) is 9.90. The average molecular weight is 330 g/mol. The summed E-state index contributed by atoms with van der Waals surface area (Å²) in [5.74, 6) is 1.83. The zero-order valence-electron chi connectivity index (χ0n) is 13.3. The first-order valence-electron chi connectivity index (χ1n) is 7.56. The summed E-state index contributed by atoms with van der Waals surface area (Å²) in [6.45, 7) is 9.09. The van der Waals surface area contributed by atoms with Crippen LogP contribution >= 0.6 is 12.4 Å². The maximum Gasteiger partial charge on any atom is 0.322 e. The number of piperidine rings is 3. The quantitative estimate of drug-likeness (QED) is 0.869. The number of urea groups is 1. The van der Waals surface area contributed by atoms with E-state index in [0.29, 0.717) is 17.7 Å². The second-order valence-electron chi connectivity index (χ2n) is 7.03. The summed E-state index contributed by atoms with van der Waals surface area (Å²) in [6, 6.07) is -0.316. The van der Waals surface area contributed by atoms with E-state index in [1.807, 2.05) is 20.8 Å². The number of aromatic nitrogens is 2. The van der Waals surface area contributed by atoms with E-state index in [9.17, 15) is 4.79 Å². The molecule has 3 fully saturated rings. The van der Waals surface area contributed by atoms with Crippen molar-refractivity contribution in [3.63, 3.8) is 0 Å². The number of nitrogens with zero attached hydrogens (tertiary/aromatic N) is 3. The fraction of sp³-hybridized carbons (Fsp3) is 0.786. The molecule has 0 aliphatic carbocycles. The smallest absolute Gasteiger partial charge is 0.322 e. The van der Waals surface area contributed by atoms with Gasteiger partial charge in [-0.05, 0) is 57.8 Å². The Morgan fingerprint density at radius 1 is 1.32 bits per heavy atom. The van der Waals surface area contributed by atoms with E-state index >= 15 is 0 Å². The van der Waals surface area contributed by atoms with Crippen molar-refractivity contribution in [1.29, 1.82) is 0 Å². The van der Waals surface area contributed by atoms with Gasteiger partial charge >= 0.3 is 6.03 Å². The highest BCUT2D eigenvalue weighted by Gasteiger charge is 2.38. The van der Waals surface area contributed by atoms with Crippen LogP contribution in [0.3, 0.4) is 0 Å². The van der Waals surface area contributed by atoms with Crippen LogP contribution in [-0.2, 0) is 0 Å². The summed E-state index contributed by atoms with van der Waals surface area (Å²) < 4.78 is 5.36. The van der Waals surface area contributed by atoms with Crippen LogP contribution in [0.4, 0.5) is 10.7 Å². The van der Waals surface area contributed by atoms with Gasteiger partial charge < -0.3 is 14.7 Å². The molecule has 2 bridgehead atoms. The Bertz CT molecular complexity index is 520. The Kier molecular flexibility index (Phi) is 4.97. The van der Waals surface area contributed by atoms with E-state index in [0.717, 1.165) is 6.54 Å². The SMILES string of the molecule is CC(C)(C)NC(=O)Nc1noc(C2CN3CCC2CC3)n1.Cl. The first-order valence-corrected chi connectivity index (χ1v) is 7.56. The molecule has 0 radical (unpaired) electrons. The van der Waals surface area contributed by atoms with Crippen molar-refractivity contribution in [2.24, 2.45) is 5.92 Å². The third-order valence-corrected chi connectivity index (χ3v) is 4.13. The van der Waals surface area contributed by atoms with Crippen molar-refractivity contribution in [1.82, 2.24) is 20.4 Å². The van der Waals surface area contributed by atoms with Crippen molar-refractivity contribution in [2.75, 3.05) is 25.0 Å². The lowest BCUT2D eigenvalue weighted by atomic mass is 9.79. The Morgan fingerprint density at radius 3 is 2.55 bits per heavy atom. The third kappa shape index (κ3) is 3.89. The van der Waals surface area contributed by atoms with Crippen LogP contribution in [0.15, 0.2) is 4.52 Å². The Morgan fingerprint density at radius 2 is 2.00 bits per heavy atom. The number of hydrogen-bond acceptors (Lipinski definition) is 5. The summed E-state index contributed by atoms with van der Waals surface area (Å²) >= 11 is 0. The Balaban J connectivity index is 0.00000176. The molecule has 0 spiro atoms. The summed E-state index contributed by atoms with van der Waals surface area (Å²) in [4.78, 5) is 18.6. The fourth-order valence-electron chi connectivity index (χ4n) is 3.15. The van der Waals surface area contributed by atoms with Crippen LogP contribution < -0.4 is 10.6 Å². The summed E-state index contributed by atoms with van der Waals surface area (Å²) in [6.07, 6.45) is 2.39. The van der Waals surface area contributed by atoms with E-state index < -0.39 is 0 Å². The molecule has 3 aliphatic heterocycles. The molecular formula is C14H24ClN5O2. The topological polar surface area (TPSA) is 83.3 Å². The van der Waals surface area contributed by atoms with Crippen LogP contribution in [0.25, 0.3) is 0 Å². The Hall–Kier alpha value is -1.34. The van der Waals surface area contributed by atoms with Crippen molar-refractivity contribution in [2.45, 2.75) is 45.1 Å². The minimum atomic E-state index is -0.316. The van der Waals surface area contributed by atoms with Crippen molar-refractivity contribution < 1.29 is 9.32 Å². The highest BCUT2D eigenvalue weighted by atomic mass is 35.5. The molecule has 4 heterocycles. The number of carbonyl (C=O) groups is 1. The molecule has 0 aromatic carbocycles. The zero-order chi connectivity index (χ0) is 15.0. The number of carbonyl (C=O) groups excluding carboxylic acids is 1.